The summed E-state index contributed by atoms with van der Waals surface area (Å²) in [6.07, 6.45) is 11.8. The minimum atomic E-state index is -3.10. The minimum absolute atomic E-state index is 0.216. The Hall–Kier alpha value is -1.31. The maximum Gasteiger partial charge on any atom is 0.201 e. The molecule has 0 radical (unpaired) electrons. The summed E-state index contributed by atoms with van der Waals surface area (Å²) in [6.45, 7) is 3.76. The summed E-state index contributed by atoms with van der Waals surface area (Å²) in [5.74, 6) is 2.85. The second-order valence-electron chi connectivity index (χ2n) is 9.64. The van der Waals surface area contributed by atoms with Crippen LogP contribution in [0, 0.1) is 17.8 Å². The standard InChI is InChI=1S/C26H37O3P/c1-4-9-20-21-12-5-6-13-22(21)24-15-8-14-23(20)25(24)26(29-2)19-11-7-10-18(16-19)17-30(3,27)28/h7,10-11,16,20,23-24H,4-6,8-9,12-15,17H2,1-3H3,(H,27,28). The Morgan fingerprint density at radius 2 is 1.93 bits per heavy atom. The topological polar surface area (TPSA) is 46.5 Å². The SMILES string of the molecule is CCCC1C2=C(CCCC2)C2CCCC1C2=C(OC)c1cccc(CP(C)(=O)O)c1. The number of hydrogen-bond acceptors (Lipinski definition) is 2. The highest BCUT2D eigenvalue weighted by molar-refractivity contribution is 7.56. The Labute approximate surface area is 182 Å². The number of ether oxygens (including phenoxy) is 1. The van der Waals surface area contributed by atoms with E-state index in [4.69, 9.17) is 4.74 Å². The van der Waals surface area contributed by atoms with Crippen molar-refractivity contribution in [2.45, 2.75) is 70.9 Å². The van der Waals surface area contributed by atoms with Crippen molar-refractivity contribution in [3.63, 3.8) is 0 Å². The fraction of sp³-hybridized carbons (Fsp3) is 0.615. The van der Waals surface area contributed by atoms with E-state index in [-0.39, 0.29) is 6.16 Å². The maximum absolute atomic E-state index is 12.0. The van der Waals surface area contributed by atoms with Crippen LogP contribution in [0.15, 0.2) is 41.0 Å². The Kier molecular flexibility index (Phi) is 6.61. The molecule has 164 valence electrons. The van der Waals surface area contributed by atoms with Gasteiger partial charge in [0.05, 0.1) is 7.11 Å². The molecule has 1 aromatic rings. The average molecular weight is 429 g/mol. The van der Waals surface area contributed by atoms with E-state index >= 15 is 0 Å². The van der Waals surface area contributed by atoms with Gasteiger partial charge in [-0.15, -0.1) is 0 Å². The van der Waals surface area contributed by atoms with Gasteiger partial charge in [0.15, 0.2) is 0 Å². The highest BCUT2D eigenvalue weighted by atomic mass is 31.2. The van der Waals surface area contributed by atoms with Crippen LogP contribution >= 0.6 is 7.37 Å². The molecule has 1 saturated carbocycles. The van der Waals surface area contributed by atoms with Crippen molar-refractivity contribution in [2.75, 3.05) is 13.8 Å². The average Bonchev–Trinajstić information content (AvgIpc) is 2.71. The minimum Gasteiger partial charge on any atom is -0.496 e. The second kappa shape index (κ2) is 9.05. The molecule has 2 bridgehead atoms. The largest absolute Gasteiger partial charge is 0.496 e. The highest BCUT2D eigenvalue weighted by Crippen LogP contribution is 2.56. The van der Waals surface area contributed by atoms with Gasteiger partial charge in [-0.2, -0.15) is 0 Å². The molecule has 0 heterocycles. The van der Waals surface area contributed by atoms with Crippen LogP contribution in [0.2, 0.25) is 0 Å². The molecule has 0 spiro atoms. The van der Waals surface area contributed by atoms with Crippen LogP contribution in [-0.4, -0.2) is 18.7 Å². The Morgan fingerprint density at radius 1 is 1.17 bits per heavy atom. The van der Waals surface area contributed by atoms with Crippen LogP contribution in [0.1, 0.15) is 75.8 Å². The van der Waals surface area contributed by atoms with Gasteiger partial charge in [-0.25, -0.2) is 0 Å². The van der Waals surface area contributed by atoms with Gasteiger partial charge in [-0.05, 0) is 74.0 Å². The van der Waals surface area contributed by atoms with Crippen LogP contribution in [-0.2, 0) is 15.5 Å². The zero-order valence-electron chi connectivity index (χ0n) is 18.8. The van der Waals surface area contributed by atoms with Crippen molar-refractivity contribution < 1.29 is 14.2 Å². The summed E-state index contributed by atoms with van der Waals surface area (Å²) in [7, 11) is -1.29. The lowest BCUT2D eigenvalue weighted by atomic mass is 9.57. The van der Waals surface area contributed by atoms with Crippen molar-refractivity contribution in [1.29, 1.82) is 0 Å². The van der Waals surface area contributed by atoms with Gasteiger partial charge in [-0.3, -0.25) is 4.57 Å². The molecule has 1 aromatic carbocycles. The molecular weight excluding hydrogens is 391 g/mol. The first-order chi connectivity index (χ1) is 14.4. The Bertz CT molecular complexity index is 891. The van der Waals surface area contributed by atoms with Crippen molar-refractivity contribution in [3.05, 3.63) is 52.1 Å². The van der Waals surface area contributed by atoms with Gasteiger partial charge >= 0.3 is 0 Å². The number of methoxy groups -OCH3 is 1. The maximum atomic E-state index is 12.0. The molecule has 0 aliphatic heterocycles. The molecule has 1 fully saturated rings. The summed E-state index contributed by atoms with van der Waals surface area (Å²) < 4.78 is 18.1. The van der Waals surface area contributed by atoms with Crippen LogP contribution in [0.4, 0.5) is 0 Å². The predicted octanol–water partition coefficient (Wildman–Crippen LogP) is 7.16. The van der Waals surface area contributed by atoms with E-state index in [1.165, 1.54) is 70.0 Å². The van der Waals surface area contributed by atoms with E-state index in [0.717, 1.165) is 16.9 Å². The van der Waals surface area contributed by atoms with Gasteiger partial charge < -0.3 is 9.63 Å². The quantitative estimate of drug-likeness (QED) is 0.297. The second-order valence-corrected chi connectivity index (χ2v) is 12.1. The van der Waals surface area contributed by atoms with Crippen LogP contribution < -0.4 is 0 Å². The third kappa shape index (κ3) is 4.34. The summed E-state index contributed by atoms with van der Waals surface area (Å²) in [6, 6.07) is 8.15. The highest BCUT2D eigenvalue weighted by Gasteiger charge is 2.44. The molecule has 3 nitrogen and oxygen atoms in total. The summed E-state index contributed by atoms with van der Waals surface area (Å²) in [5.41, 5.74) is 7.07. The van der Waals surface area contributed by atoms with Crippen LogP contribution in [0.5, 0.6) is 0 Å². The fourth-order valence-corrected chi connectivity index (χ4v) is 7.35. The van der Waals surface area contributed by atoms with E-state index in [0.29, 0.717) is 17.8 Å². The van der Waals surface area contributed by atoms with Gasteiger partial charge in [0, 0.05) is 24.3 Å². The third-order valence-electron chi connectivity index (χ3n) is 7.42. The van der Waals surface area contributed by atoms with E-state index in [9.17, 15) is 9.46 Å². The molecule has 0 amide bonds. The molecule has 30 heavy (non-hydrogen) atoms. The lowest BCUT2D eigenvalue weighted by Gasteiger charge is -2.48. The van der Waals surface area contributed by atoms with Gasteiger partial charge in [0.1, 0.15) is 5.76 Å². The zero-order valence-corrected chi connectivity index (χ0v) is 19.7. The Balaban J connectivity index is 1.83. The molecule has 0 aromatic heterocycles. The number of benzene rings is 1. The normalized spacial score (nSPS) is 29.8. The van der Waals surface area contributed by atoms with E-state index in [1.54, 1.807) is 18.3 Å². The zero-order chi connectivity index (χ0) is 21.3. The van der Waals surface area contributed by atoms with Gasteiger partial charge in [0.2, 0.25) is 7.37 Å². The Morgan fingerprint density at radius 3 is 2.63 bits per heavy atom. The molecule has 3 aliphatic carbocycles. The van der Waals surface area contributed by atoms with Crippen LogP contribution in [0.25, 0.3) is 5.76 Å². The lowest BCUT2D eigenvalue weighted by molar-refractivity contribution is 0.248. The van der Waals surface area contributed by atoms with Crippen molar-refractivity contribution in [1.82, 2.24) is 0 Å². The molecule has 3 aliphatic rings. The van der Waals surface area contributed by atoms with Crippen molar-refractivity contribution >= 4 is 13.1 Å². The predicted molar refractivity (Wildman–Crippen MR) is 125 cm³/mol. The molecular formula is C26H37O3P. The number of rotatable bonds is 6. The van der Waals surface area contributed by atoms with Crippen molar-refractivity contribution in [3.8, 4) is 0 Å². The molecule has 4 rings (SSSR count). The number of hydrogen-bond donors (Lipinski definition) is 1. The molecule has 4 atom stereocenters. The fourth-order valence-electron chi connectivity index (χ4n) is 6.47. The molecule has 0 saturated heterocycles. The molecule has 4 heteroatoms. The lowest BCUT2D eigenvalue weighted by Crippen LogP contribution is -2.36. The first-order valence-electron chi connectivity index (χ1n) is 11.8. The first-order valence-corrected chi connectivity index (χ1v) is 14.1. The third-order valence-corrected chi connectivity index (χ3v) is 8.37. The van der Waals surface area contributed by atoms with E-state index < -0.39 is 7.37 Å². The summed E-state index contributed by atoms with van der Waals surface area (Å²) in [4.78, 5) is 9.87. The van der Waals surface area contributed by atoms with Crippen LogP contribution in [0.3, 0.4) is 0 Å². The molecule has 4 unspecified atom stereocenters. The van der Waals surface area contributed by atoms with Crippen molar-refractivity contribution in [2.24, 2.45) is 17.8 Å². The van der Waals surface area contributed by atoms with E-state index in [2.05, 4.69) is 19.1 Å². The smallest absolute Gasteiger partial charge is 0.201 e. The monoisotopic (exact) mass is 428 g/mol. The van der Waals surface area contributed by atoms with E-state index in [1.807, 2.05) is 12.1 Å². The first kappa shape index (κ1) is 21.9. The molecule has 1 N–H and O–H groups in total. The summed E-state index contributed by atoms with van der Waals surface area (Å²) in [5, 5.41) is 0. The number of fused-ring (bicyclic) bond motifs is 3. The number of allylic oxidation sites excluding steroid dienone is 3. The van der Waals surface area contributed by atoms with Gasteiger partial charge in [-0.1, -0.05) is 49.1 Å². The van der Waals surface area contributed by atoms with Gasteiger partial charge in [0.25, 0.3) is 0 Å². The summed E-state index contributed by atoms with van der Waals surface area (Å²) >= 11 is 0.